The van der Waals surface area contributed by atoms with Crippen molar-refractivity contribution in [2.75, 3.05) is 0 Å². The quantitative estimate of drug-likeness (QED) is 0.760. The molecule has 2 aromatic heterocycles. The fourth-order valence-corrected chi connectivity index (χ4v) is 2.48. The maximum Gasteiger partial charge on any atom is 0.125 e. The van der Waals surface area contributed by atoms with E-state index in [1.807, 2.05) is 29.6 Å². The van der Waals surface area contributed by atoms with Crippen molar-refractivity contribution in [3.05, 3.63) is 54.2 Å². The largest absolute Gasteiger partial charge is 0.508 e. The monoisotopic (exact) mass is 254 g/mol. The van der Waals surface area contributed by atoms with Gasteiger partial charge >= 0.3 is 0 Å². The minimum Gasteiger partial charge on any atom is -0.508 e. The van der Waals surface area contributed by atoms with E-state index < -0.39 is 0 Å². The lowest BCUT2D eigenvalue weighted by Crippen LogP contribution is -1.80. The van der Waals surface area contributed by atoms with Gasteiger partial charge in [0.2, 0.25) is 0 Å². The SMILES string of the molecule is Oc1ccc(-c2csc(-c3cccnc3)n2)cc1. The molecule has 0 aliphatic carbocycles. The van der Waals surface area contributed by atoms with Gasteiger partial charge in [0.25, 0.3) is 0 Å². The molecule has 0 fully saturated rings. The van der Waals surface area contributed by atoms with Gasteiger partial charge in [0.1, 0.15) is 10.8 Å². The summed E-state index contributed by atoms with van der Waals surface area (Å²) in [6, 6.07) is 10.9. The molecular formula is C14H10N2OS. The van der Waals surface area contributed by atoms with Gasteiger partial charge in [-0.1, -0.05) is 0 Å². The Labute approximate surface area is 108 Å². The fraction of sp³-hybridized carbons (Fsp3) is 0. The van der Waals surface area contributed by atoms with Crippen molar-refractivity contribution < 1.29 is 5.11 Å². The molecule has 0 aliphatic heterocycles. The van der Waals surface area contributed by atoms with E-state index in [9.17, 15) is 5.11 Å². The molecule has 0 atom stereocenters. The third kappa shape index (κ3) is 2.10. The molecule has 0 saturated heterocycles. The third-order valence-electron chi connectivity index (χ3n) is 2.58. The first kappa shape index (κ1) is 10.9. The van der Waals surface area contributed by atoms with Crippen LogP contribution >= 0.6 is 11.3 Å². The Bertz CT molecular complexity index is 647. The van der Waals surface area contributed by atoms with E-state index in [0.717, 1.165) is 21.8 Å². The minimum atomic E-state index is 0.265. The van der Waals surface area contributed by atoms with Crippen molar-refractivity contribution in [3.8, 4) is 27.6 Å². The van der Waals surface area contributed by atoms with Crippen LogP contribution in [-0.4, -0.2) is 15.1 Å². The summed E-state index contributed by atoms with van der Waals surface area (Å²) >= 11 is 1.59. The number of phenolic OH excluding ortho intramolecular Hbond substituents is 1. The van der Waals surface area contributed by atoms with Gasteiger partial charge in [0, 0.05) is 28.9 Å². The summed E-state index contributed by atoms with van der Waals surface area (Å²) in [5.41, 5.74) is 2.94. The average Bonchev–Trinajstić information content (AvgIpc) is 2.90. The molecule has 3 nitrogen and oxygen atoms in total. The number of nitrogens with zero attached hydrogens (tertiary/aromatic N) is 2. The van der Waals surface area contributed by atoms with E-state index in [2.05, 4.69) is 9.97 Å². The summed E-state index contributed by atoms with van der Waals surface area (Å²) in [6.45, 7) is 0. The highest BCUT2D eigenvalue weighted by Gasteiger charge is 2.06. The number of aromatic nitrogens is 2. The van der Waals surface area contributed by atoms with E-state index in [-0.39, 0.29) is 5.75 Å². The Hall–Kier alpha value is -2.20. The molecule has 3 aromatic rings. The van der Waals surface area contributed by atoms with Crippen molar-refractivity contribution in [2.45, 2.75) is 0 Å². The van der Waals surface area contributed by atoms with Crippen LogP contribution in [0.15, 0.2) is 54.2 Å². The highest BCUT2D eigenvalue weighted by molar-refractivity contribution is 7.13. The molecule has 2 heterocycles. The van der Waals surface area contributed by atoms with Crippen molar-refractivity contribution >= 4 is 11.3 Å². The average molecular weight is 254 g/mol. The molecule has 4 heteroatoms. The number of benzene rings is 1. The van der Waals surface area contributed by atoms with Crippen LogP contribution in [0.1, 0.15) is 0 Å². The molecule has 0 spiro atoms. The fourth-order valence-electron chi connectivity index (χ4n) is 1.66. The second-order valence-electron chi connectivity index (χ2n) is 3.83. The molecule has 0 radical (unpaired) electrons. The standard InChI is InChI=1S/C14H10N2OS/c17-12-5-3-10(4-6-12)13-9-18-14(16-13)11-2-1-7-15-8-11/h1-9,17H. The zero-order chi connectivity index (χ0) is 12.4. The first-order valence-electron chi connectivity index (χ1n) is 5.48. The predicted molar refractivity (Wildman–Crippen MR) is 72.4 cm³/mol. The summed E-state index contributed by atoms with van der Waals surface area (Å²) in [4.78, 5) is 8.67. The molecule has 1 N–H and O–H groups in total. The normalized spacial score (nSPS) is 10.4. The maximum absolute atomic E-state index is 9.26. The summed E-state index contributed by atoms with van der Waals surface area (Å²) in [6.07, 6.45) is 3.55. The Morgan fingerprint density at radius 1 is 1.00 bits per heavy atom. The van der Waals surface area contributed by atoms with Gasteiger partial charge in [0.15, 0.2) is 0 Å². The Balaban J connectivity index is 1.97. The predicted octanol–water partition coefficient (Wildman–Crippen LogP) is 3.58. The van der Waals surface area contributed by atoms with Crippen LogP contribution in [0.3, 0.4) is 0 Å². The minimum absolute atomic E-state index is 0.265. The van der Waals surface area contributed by atoms with Gasteiger partial charge in [-0.25, -0.2) is 4.98 Å². The first-order valence-corrected chi connectivity index (χ1v) is 6.36. The molecule has 0 saturated carbocycles. The van der Waals surface area contributed by atoms with Gasteiger partial charge in [-0.3, -0.25) is 4.98 Å². The number of phenols is 1. The van der Waals surface area contributed by atoms with Gasteiger partial charge in [0.05, 0.1) is 5.69 Å². The molecule has 88 valence electrons. The number of hydrogen-bond acceptors (Lipinski definition) is 4. The topological polar surface area (TPSA) is 46.0 Å². The van der Waals surface area contributed by atoms with Crippen molar-refractivity contribution in [1.29, 1.82) is 0 Å². The van der Waals surface area contributed by atoms with E-state index in [0.29, 0.717) is 0 Å². The Morgan fingerprint density at radius 3 is 2.56 bits per heavy atom. The highest BCUT2D eigenvalue weighted by Crippen LogP contribution is 2.28. The number of thiazole rings is 1. The van der Waals surface area contributed by atoms with Crippen LogP contribution in [0.2, 0.25) is 0 Å². The third-order valence-corrected chi connectivity index (χ3v) is 3.47. The number of pyridine rings is 1. The van der Waals surface area contributed by atoms with Crippen molar-refractivity contribution in [3.63, 3.8) is 0 Å². The van der Waals surface area contributed by atoms with E-state index in [1.165, 1.54) is 0 Å². The molecule has 0 unspecified atom stereocenters. The van der Waals surface area contributed by atoms with Crippen molar-refractivity contribution in [1.82, 2.24) is 9.97 Å². The van der Waals surface area contributed by atoms with Crippen LogP contribution in [0, 0.1) is 0 Å². The zero-order valence-electron chi connectivity index (χ0n) is 9.45. The number of aromatic hydroxyl groups is 1. The molecular weight excluding hydrogens is 244 g/mol. The second kappa shape index (κ2) is 4.58. The maximum atomic E-state index is 9.26. The molecule has 1 aromatic carbocycles. The number of rotatable bonds is 2. The lowest BCUT2D eigenvalue weighted by molar-refractivity contribution is 0.475. The summed E-state index contributed by atoms with van der Waals surface area (Å²) in [5.74, 6) is 0.265. The summed E-state index contributed by atoms with van der Waals surface area (Å²) in [7, 11) is 0. The second-order valence-corrected chi connectivity index (χ2v) is 4.68. The van der Waals surface area contributed by atoms with Crippen LogP contribution in [0.25, 0.3) is 21.8 Å². The molecule has 0 bridgehead atoms. The van der Waals surface area contributed by atoms with E-state index >= 15 is 0 Å². The van der Waals surface area contributed by atoms with Crippen molar-refractivity contribution in [2.24, 2.45) is 0 Å². The summed E-state index contributed by atoms with van der Waals surface area (Å²) < 4.78 is 0. The molecule has 0 aliphatic rings. The molecule has 18 heavy (non-hydrogen) atoms. The molecule has 0 amide bonds. The Morgan fingerprint density at radius 2 is 1.83 bits per heavy atom. The van der Waals surface area contributed by atoms with Gasteiger partial charge in [-0.15, -0.1) is 11.3 Å². The first-order chi connectivity index (χ1) is 8.83. The zero-order valence-corrected chi connectivity index (χ0v) is 10.3. The van der Waals surface area contributed by atoms with Gasteiger partial charge in [-0.2, -0.15) is 0 Å². The smallest absolute Gasteiger partial charge is 0.125 e. The number of hydrogen-bond donors (Lipinski definition) is 1. The molecule has 3 rings (SSSR count). The van der Waals surface area contributed by atoms with Gasteiger partial charge in [-0.05, 0) is 36.4 Å². The van der Waals surface area contributed by atoms with E-state index in [1.54, 1.807) is 35.9 Å². The van der Waals surface area contributed by atoms with Crippen LogP contribution in [0.4, 0.5) is 0 Å². The lowest BCUT2D eigenvalue weighted by atomic mass is 10.2. The highest BCUT2D eigenvalue weighted by atomic mass is 32.1. The van der Waals surface area contributed by atoms with Crippen LogP contribution < -0.4 is 0 Å². The van der Waals surface area contributed by atoms with Crippen LogP contribution in [0.5, 0.6) is 5.75 Å². The summed E-state index contributed by atoms with van der Waals surface area (Å²) in [5, 5.41) is 12.2. The lowest BCUT2D eigenvalue weighted by Gasteiger charge is -1.97. The Kier molecular flexibility index (Phi) is 2.78. The van der Waals surface area contributed by atoms with Crippen LogP contribution in [-0.2, 0) is 0 Å². The van der Waals surface area contributed by atoms with E-state index in [4.69, 9.17) is 0 Å². The van der Waals surface area contributed by atoms with Gasteiger partial charge < -0.3 is 5.11 Å².